The quantitative estimate of drug-likeness (QED) is 0.749. The molecule has 1 heterocycles. The van der Waals surface area contributed by atoms with E-state index in [-0.39, 0.29) is 0 Å². The number of hydrogen-bond donors (Lipinski definition) is 2. The monoisotopic (exact) mass is 277 g/mol. The summed E-state index contributed by atoms with van der Waals surface area (Å²) in [6.07, 6.45) is 6.51. The predicted molar refractivity (Wildman–Crippen MR) is 79.7 cm³/mol. The fourth-order valence-electron chi connectivity index (χ4n) is 2.49. The van der Waals surface area contributed by atoms with Gasteiger partial charge in [0, 0.05) is 12.7 Å². The Balaban J connectivity index is 2.05. The highest BCUT2D eigenvalue weighted by atomic mass is 16.5. The zero-order valence-electron chi connectivity index (χ0n) is 12.2. The van der Waals surface area contributed by atoms with Gasteiger partial charge < -0.3 is 15.8 Å². The van der Waals surface area contributed by atoms with Gasteiger partial charge in [-0.2, -0.15) is 0 Å². The van der Waals surface area contributed by atoms with Crippen LogP contribution in [-0.4, -0.2) is 24.1 Å². The lowest BCUT2D eigenvalue weighted by Crippen LogP contribution is -2.18. The number of nitrogen functional groups attached to an aromatic ring is 1. The Morgan fingerprint density at radius 3 is 2.85 bits per heavy atom. The minimum absolute atomic E-state index is 0.336. The molecule has 0 spiro atoms. The van der Waals surface area contributed by atoms with Crippen molar-refractivity contribution in [2.24, 2.45) is 5.41 Å². The number of aromatic nitrogens is 1. The van der Waals surface area contributed by atoms with E-state index < -0.39 is 5.97 Å². The minimum atomic E-state index is -0.398. The van der Waals surface area contributed by atoms with Crippen LogP contribution in [0, 0.1) is 5.41 Å². The van der Waals surface area contributed by atoms with E-state index in [1.54, 1.807) is 19.2 Å². The van der Waals surface area contributed by atoms with Crippen molar-refractivity contribution < 1.29 is 9.53 Å². The van der Waals surface area contributed by atoms with Crippen LogP contribution in [0.25, 0.3) is 0 Å². The van der Waals surface area contributed by atoms with Crippen LogP contribution in [0.15, 0.2) is 12.3 Å². The second kappa shape index (κ2) is 6.11. The number of nitrogens with one attached hydrogen (secondary N) is 1. The average molecular weight is 277 g/mol. The molecule has 0 bridgehead atoms. The number of nitrogens with two attached hydrogens (primary N) is 1. The second-order valence-corrected chi connectivity index (χ2v) is 5.44. The summed E-state index contributed by atoms with van der Waals surface area (Å²) in [5.41, 5.74) is 7.17. The Hall–Kier alpha value is -1.78. The summed E-state index contributed by atoms with van der Waals surface area (Å²) in [6.45, 7) is 5.18. The number of nitrogens with zero attached hydrogens (tertiary/aromatic N) is 1. The summed E-state index contributed by atoms with van der Waals surface area (Å²) in [6, 6.07) is 1.59. The molecular weight excluding hydrogens is 254 g/mol. The number of esters is 1. The summed E-state index contributed by atoms with van der Waals surface area (Å²) >= 11 is 0. The SMILES string of the molecule is CCCC1(CNc2nccc(C(=O)OCC)c2N)CC1. The summed E-state index contributed by atoms with van der Waals surface area (Å²) < 4.78 is 4.99. The summed E-state index contributed by atoms with van der Waals surface area (Å²) in [5.74, 6) is 0.183. The van der Waals surface area contributed by atoms with Crippen LogP contribution in [0.3, 0.4) is 0 Å². The molecule has 20 heavy (non-hydrogen) atoms. The third-order valence-corrected chi connectivity index (χ3v) is 3.85. The third-order valence-electron chi connectivity index (χ3n) is 3.85. The summed E-state index contributed by atoms with van der Waals surface area (Å²) in [4.78, 5) is 16.0. The molecule has 2 rings (SSSR count). The van der Waals surface area contributed by atoms with Crippen molar-refractivity contribution in [1.29, 1.82) is 0 Å². The van der Waals surface area contributed by atoms with Crippen molar-refractivity contribution in [1.82, 2.24) is 4.98 Å². The Labute approximate surface area is 119 Å². The maximum Gasteiger partial charge on any atom is 0.340 e. The Kier molecular flexibility index (Phi) is 4.47. The highest BCUT2D eigenvalue weighted by Crippen LogP contribution is 2.49. The van der Waals surface area contributed by atoms with Crippen molar-refractivity contribution >= 4 is 17.5 Å². The lowest BCUT2D eigenvalue weighted by Gasteiger charge is -2.17. The number of hydrogen-bond acceptors (Lipinski definition) is 5. The third kappa shape index (κ3) is 3.21. The van der Waals surface area contributed by atoms with Crippen LogP contribution in [0.5, 0.6) is 0 Å². The van der Waals surface area contributed by atoms with E-state index in [1.807, 2.05) is 0 Å². The Morgan fingerprint density at radius 2 is 2.25 bits per heavy atom. The van der Waals surface area contributed by atoms with Gasteiger partial charge in [-0.25, -0.2) is 9.78 Å². The van der Waals surface area contributed by atoms with Gasteiger partial charge in [0.05, 0.1) is 17.9 Å². The average Bonchev–Trinajstić information content (AvgIpc) is 3.18. The molecule has 0 aliphatic heterocycles. The van der Waals surface area contributed by atoms with Gasteiger partial charge in [0.25, 0.3) is 0 Å². The van der Waals surface area contributed by atoms with Crippen molar-refractivity contribution in [3.63, 3.8) is 0 Å². The van der Waals surface area contributed by atoms with E-state index in [1.165, 1.54) is 25.7 Å². The molecule has 1 aliphatic carbocycles. The lowest BCUT2D eigenvalue weighted by atomic mass is 10.0. The molecule has 0 saturated heterocycles. The number of carbonyl (C=O) groups excluding carboxylic acids is 1. The molecule has 1 saturated carbocycles. The van der Waals surface area contributed by atoms with Crippen LogP contribution in [0.4, 0.5) is 11.5 Å². The Morgan fingerprint density at radius 1 is 1.50 bits per heavy atom. The zero-order chi connectivity index (χ0) is 14.6. The van der Waals surface area contributed by atoms with E-state index in [4.69, 9.17) is 10.5 Å². The molecule has 110 valence electrons. The smallest absolute Gasteiger partial charge is 0.340 e. The minimum Gasteiger partial charge on any atom is -0.462 e. The van der Waals surface area contributed by atoms with Crippen LogP contribution in [-0.2, 0) is 4.74 Å². The van der Waals surface area contributed by atoms with Gasteiger partial charge in [-0.05, 0) is 37.7 Å². The maximum absolute atomic E-state index is 11.8. The van der Waals surface area contributed by atoms with Crippen LogP contribution >= 0.6 is 0 Å². The lowest BCUT2D eigenvalue weighted by molar-refractivity contribution is 0.0527. The highest BCUT2D eigenvalue weighted by molar-refractivity contribution is 5.97. The molecule has 0 radical (unpaired) electrons. The second-order valence-electron chi connectivity index (χ2n) is 5.44. The molecule has 0 atom stereocenters. The van der Waals surface area contributed by atoms with E-state index >= 15 is 0 Å². The van der Waals surface area contributed by atoms with Gasteiger partial charge in [-0.3, -0.25) is 0 Å². The highest BCUT2D eigenvalue weighted by Gasteiger charge is 2.41. The van der Waals surface area contributed by atoms with Crippen molar-refractivity contribution in [3.05, 3.63) is 17.8 Å². The first-order chi connectivity index (χ1) is 9.62. The molecule has 0 unspecified atom stereocenters. The molecule has 5 heteroatoms. The summed E-state index contributed by atoms with van der Waals surface area (Å²) in [5, 5.41) is 3.29. The van der Waals surface area contributed by atoms with Gasteiger partial charge in [-0.15, -0.1) is 0 Å². The summed E-state index contributed by atoms with van der Waals surface area (Å²) in [7, 11) is 0. The molecule has 0 amide bonds. The number of rotatable bonds is 7. The Bertz CT molecular complexity index is 484. The first-order valence-corrected chi connectivity index (χ1v) is 7.27. The van der Waals surface area contributed by atoms with E-state index in [0.29, 0.717) is 29.1 Å². The largest absolute Gasteiger partial charge is 0.462 e. The van der Waals surface area contributed by atoms with Gasteiger partial charge >= 0.3 is 5.97 Å². The maximum atomic E-state index is 11.8. The van der Waals surface area contributed by atoms with Gasteiger partial charge in [-0.1, -0.05) is 13.3 Å². The fraction of sp³-hybridized carbons (Fsp3) is 0.600. The van der Waals surface area contributed by atoms with E-state index in [9.17, 15) is 4.79 Å². The van der Waals surface area contributed by atoms with Gasteiger partial charge in [0.2, 0.25) is 0 Å². The first-order valence-electron chi connectivity index (χ1n) is 7.27. The van der Waals surface area contributed by atoms with E-state index in [0.717, 1.165) is 6.54 Å². The molecule has 5 nitrogen and oxygen atoms in total. The van der Waals surface area contributed by atoms with Crippen LogP contribution in [0.1, 0.15) is 49.9 Å². The zero-order valence-corrected chi connectivity index (χ0v) is 12.2. The molecule has 1 fully saturated rings. The molecule has 1 aromatic heterocycles. The van der Waals surface area contributed by atoms with E-state index in [2.05, 4.69) is 17.2 Å². The molecule has 1 aliphatic rings. The first kappa shape index (κ1) is 14.6. The number of anilines is 2. The van der Waals surface area contributed by atoms with Crippen LogP contribution < -0.4 is 11.1 Å². The standard InChI is InChI=1S/C15H23N3O2/c1-3-6-15(7-8-15)10-18-13-12(16)11(5-9-17-13)14(19)20-4-2/h5,9H,3-4,6-8,10,16H2,1-2H3,(H,17,18). The predicted octanol–water partition coefficient (Wildman–Crippen LogP) is 2.83. The molecule has 1 aromatic rings. The number of ether oxygens (including phenoxy) is 1. The van der Waals surface area contributed by atoms with Crippen molar-refractivity contribution in [2.45, 2.75) is 39.5 Å². The van der Waals surface area contributed by atoms with Crippen molar-refractivity contribution in [2.75, 3.05) is 24.2 Å². The molecule has 3 N–H and O–H groups in total. The molecule has 0 aromatic carbocycles. The van der Waals surface area contributed by atoms with Gasteiger partial charge in [0.15, 0.2) is 0 Å². The molecular formula is C15H23N3O2. The normalized spacial score (nSPS) is 15.7. The van der Waals surface area contributed by atoms with Crippen LogP contribution in [0.2, 0.25) is 0 Å². The topological polar surface area (TPSA) is 77.2 Å². The van der Waals surface area contributed by atoms with Gasteiger partial charge in [0.1, 0.15) is 5.82 Å². The number of pyridine rings is 1. The fourth-order valence-corrected chi connectivity index (χ4v) is 2.49. The number of carbonyl (C=O) groups is 1. The van der Waals surface area contributed by atoms with Crippen molar-refractivity contribution in [3.8, 4) is 0 Å².